The van der Waals surface area contributed by atoms with Crippen LogP contribution in [-0.4, -0.2) is 49.1 Å². The second-order valence-corrected chi connectivity index (χ2v) is 5.62. The molecule has 2 N–H and O–H groups in total. The topological polar surface area (TPSA) is 45.6 Å². The van der Waals surface area contributed by atoms with Crippen LogP contribution in [0, 0.1) is 0 Å². The third-order valence-electron chi connectivity index (χ3n) is 3.56. The van der Waals surface area contributed by atoms with Crippen LogP contribution in [0.25, 0.3) is 0 Å². The van der Waals surface area contributed by atoms with Gasteiger partial charge in [0.15, 0.2) is 0 Å². The monoisotopic (exact) mass is 315 g/mol. The fourth-order valence-corrected chi connectivity index (χ4v) is 3.05. The summed E-state index contributed by atoms with van der Waals surface area (Å²) in [7, 11) is 0. The van der Waals surface area contributed by atoms with Crippen LogP contribution in [0.2, 0.25) is 0 Å². The van der Waals surface area contributed by atoms with Crippen molar-refractivity contribution in [3.8, 4) is 0 Å². The number of nitrogens with two attached hydrogens (primary N) is 1. The summed E-state index contributed by atoms with van der Waals surface area (Å²) in [6, 6.07) is 2.13. The lowest BCUT2D eigenvalue weighted by atomic mass is 10.1. The van der Waals surface area contributed by atoms with E-state index in [0.717, 1.165) is 36.4 Å². The highest BCUT2D eigenvalue weighted by molar-refractivity contribution is 9.10. The molecule has 2 rings (SSSR count). The lowest BCUT2D eigenvalue weighted by Gasteiger charge is -2.38. The molecule has 0 radical (unpaired) electrons. The van der Waals surface area contributed by atoms with Crippen LogP contribution in [0.5, 0.6) is 0 Å². The van der Waals surface area contributed by atoms with Gasteiger partial charge >= 0.3 is 0 Å². The Kier molecular flexibility index (Phi) is 5.24. The molecule has 2 heterocycles. The Morgan fingerprint density at radius 2 is 2.11 bits per heavy atom. The fraction of sp³-hybridized carbons (Fsp3) is 0.692. The molecule has 0 saturated carbocycles. The van der Waals surface area contributed by atoms with E-state index in [0.29, 0.717) is 6.54 Å². The van der Waals surface area contributed by atoms with Gasteiger partial charge in [-0.2, -0.15) is 0 Å². The normalized spacial score (nSPS) is 20.2. The number of nitrogens with zero attached hydrogens (tertiary/aromatic N) is 2. The van der Waals surface area contributed by atoms with E-state index in [9.17, 15) is 0 Å². The molecule has 0 bridgehead atoms. The molecule has 1 unspecified atom stereocenters. The van der Waals surface area contributed by atoms with Gasteiger partial charge in [0.25, 0.3) is 0 Å². The molecular formula is C13H22BrN3O. The quantitative estimate of drug-likeness (QED) is 0.903. The molecule has 0 aliphatic carbocycles. The molecule has 1 aliphatic rings. The summed E-state index contributed by atoms with van der Waals surface area (Å²) in [6.45, 7) is 8.41. The van der Waals surface area contributed by atoms with Gasteiger partial charge in [0.2, 0.25) is 0 Å². The second kappa shape index (κ2) is 6.70. The molecule has 18 heavy (non-hydrogen) atoms. The van der Waals surface area contributed by atoms with Crippen LogP contribution in [0.1, 0.15) is 25.1 Å². The van der Waals surface area contributed by atoms with E-state index in [-0.39, 0.29) is 6.04 Å². The molecular weight excluding hydrogens is 294 g/mol. The molecule has 4 nitrogen and oxygen atoms in total. The molecule has 0 aromatic carbocycles. The van der Waals surface area contributed by atoms with E-state index in [1.165, 1.54) is 13.0 Å². The minimum absolute atomic E-state index is 0.193. The molecule has 0 amide bonds. The summed E-state index contributed by atoms with van der Waals surface area (Å²) >= 11 is 3.52. The van der Waals surface area contributed by atoms with Gasteiger partial charge in [-0.3, -0.25) is 4.90 Å². The van der Waals surface area contributed by atoms with Crippen molar-refractivity contribution in [1.29, 1.82) is 0 Å². The molecule has 1 fully saturated rings. The number of hydrogen-bond donors (Lipinski definition) is 1. The van der Waals surface area contributed by atoms with Crippen LogP contribution < -0.4 is 5.73 Å². The van der Waals surface area contributed by atoms with Crippen LogP contribution in [0.4, 0.5) is 0 Å². The first kappa shape index (κ1) is 14.1. The van der Waals surface area contributed by atoms with Gasteiger partial charge in [-0.25, -0.2) is 0 Å². The molecule has 1 atom stereocenters. The zero-order chi connectivity index (χ0) is 13.0. The molecule has 1 aromatic heterocycles. The van der Waals surface area contributed by atoms with Crippen LogP contribution in [0.15, 0.2) is 21.2 Å². The Balaban J connectivity index is 1.97. The highest BCUT2D eigenvalue weighted by atomic mass is 79.9. The summed E-state index contributed by atoms with van der Waals surface area (Å²) in [6.07, 6.45) is 2.94. The van der Waals surface area contributed by atoms with Gasteiger partial charge in [0.1, 0.15) is 5.76 Å². The highest BCUT2D eigenvalue weighted by Crippen LogP contribution is 2.28. The van der Waals surface area contributed by atoms with Crippen molar-refractivity contribution in [3.63, 3.8) is 0 Å². The lowest BCUT2D eigenvalue weighted by molar-refractivity contribution is 0.0892. The molecule has 1 aromatic rings. The molecule has 5 heteroatoms. The third-order valence-corrected chi connectivity index (χ3v) is 4.21. The van der Waals surface area contributed by atoms with E-state index >= 15 is 0 Å². The van der Waals surface area contributed by atoms with Gasteiger partial charge < -0.3 is 15.1 Å². The zero-order valence-electron chi connectivity index (χ0n) is 10.9. The molecule has 102 valence electrons. The van der Waals surface area contributed by atoms with E-state index in [2.05, 4.69) is 32.7 Å². The molecule has 0 spiro atoms. The number of piperazine rings is 1. The number of hydrogen-bond acceptors (Lipinski definition) is 4. The maximum absolute atomic E-state index is 5.92. The Morgan fingerprint density at radius 1 is 1.39 bits per heavy atom. The van der Waals surface area contributed by atoms with E-state index < -0.39 is 0 Å². The largest absolute Gasteiger partial charge is 0.466 e. The van der Waals surface area contributed by atoms with Crippen LogP contribution in [-0.2, 0) is 0 Å². The summed E-state index contributed by atoms with van der Waals surface area (Å²) in [5.41, 5.74) is 5.92. The Morgan fingerprint density at radius 3 is 2.61 bits per heavy atom. The lowest BCUT2D eigenvalue weighted by Crippen LogP contribution is -2.49. The average Bonchev–Trinajstić information content (AvgIpc) is 2.79. The zero-order valence-corrected chi connectivity index (χ0v) is 12.5. The number of rotatable bonds is 5. The van der Waals surface area contributed by atoms with Crippen LogP contribution >= 0.6 is 15.9 Å². The minimum atomic E-state index is 0.193. The Labute approximate surface area is 117 Å². The molecule has 1 aliphatic heterocycles. The summed E-state index contributed by atoms with van der Waals surface area (Å²) in [4.78, 5) is 4.94. The highest BCUT2D eigenvalue weighted by Gasteiger charge is 2.27. The maximum atomic E-state index is 5.92. The van der Waals surface area contributed by atoms with Crippen LogP contribution in [0.3, 0.4) is 0 Å². The first-order valence-corrected chi connectivity index (χ1v) is 7.45. The van der Waals surface area contributed by atoms with Crippen molar-refractivity contribution < 1.29 is 4.42 Å². The van der Waals surface area contributed by atoms with Crippen molar-refractivity contribution >= 4 is 15.9 Å². The van der Waals surface area contributed by atoms with Crippen molar-refractivity contribution in [1.82, 2.24) is 9.80 Å². The van der Waals surface area contributed by atoms with Crippen molar-refractivity contribution in [2.75, 3.05) is 39.3 Å². The summed E-state index contributed by atoms with van der Waals surface area (Å²) in [5, 5.41) is 0. The Hall–Kier alpha value is -0.360. The first-order chi connectivity index (χ1) is 8.76. The third kappa shape index (κ3) is 3.15. The molecule has 1 saturated heterocycles. The summed E-state index contributed by atoms with van der Waals surface area (Å²) < 4.78 is 6.58. The van der Waals surface area contributed by atoms with E-state index in [1.54, 1.807) is 6.26 Å². The fourth-order valence-electron chi connectivity index (χ4n) is 2.58. The SMILES string of the molecule is CCCN1CCN(C(CN)c2occc2Br)CC1. The van der Waals surface area contributed by atoms with Gasteiger partial charge in [-0.1, -0.05) is 6.92 Å². The van der Waals surface area contributed by atoms with Gasteiger partial charge in [0.05, 0.1) is 16.8 Å². The predicted octanol–water partition coefficient (Wildman–Crippen LogP) is 2.07. The van der Waals surface area contributed by atoms with Crippen molar-refractivity contribution in [2.24, 2.45) is 5.73 Å². The first-order valence-electron chi connectivity index (χ1n) is 6.65. The van der Waals surface area contributed by atoms with Gasteiger partial charge in [-0.05, 0) is 35.0 Å². The predicted molar refractivity (Wildman–Crippen MR) is 76.5 cm³/mol. The van der Waals surface area contributed by atoms with Gasteiger partial charge in [-0.15, -0.1) is 0 Å². The van der Waals surface area contributed by atoms with Gasteiger partial charge in [0, 0.05) is 32.7 Å². The second-order valence-electron chi connectivity index (χ2n) is 4.76. The number of halogens is 1. The Bertz CT molecular complexity index is 361. The number of furan rings is 1. The van der Waals surface area contributed by atoms with Crippen molar-refractivity contribution in [2.45, 2.75) is 19.4 Å². The smallest absolute Gasteiger partial charge is 0.136 e. The van der Waals surface area contributed by atoms with E-state index in [1.807, 2.05) is 6.07 Å². The standard InChI is InChI=1S/C13H22BrN3O/c1-2-4-16-5-7-17(8-6-16)12(10-15)13-11(14)3-9-18-13/h3,9,12H,2,4-8,10,15H2,1H3. The average molecular weight is 316 g/mol. The van der Waals surface area contributed by atoms with E-state index in [4.69, 9.17) is 10.2 Å². The van der Waals surface area contributed by atoms with Crippen molar-refractivity contribution in [3.05, 3.63) is 22.6 Å². The maximum Gasteiger partial charge on any atom is 0.136 e. The summed E-state index contributed by atoms with van der Waals surface area (Å²) in [5.74, 6) is 0.960. The minimum Gasteiger partial charge on any atom is -0.466 e.